The van der Waals surface area contributed by atoms with Crippen LogP contribution < -0.4 is 5.73 Å². The molecule has 1 saturated carbocycles. The maximum atomic E-state index is 12.0. The molecule has 0 aliphatic heterocycles. The van der Waals surface area contributed by atoms with Crippen molar-refractivity contribution in [2.75, 3.05) is 12.4 Å². The van der Waals surface area contributed by atoms with E-state index < -0.39 is 5.54 Å². The fourth-order valence-corrected chi connectivity index (χ4v) is 3.23. The third kappa shape index (κ3) is 3.41. The van der Waals surface area contributed by atoms with Crippen molar-refractivity contribution in [3.05, 3.63) is 23.4 Å². The first-order valence-electron chi connectivity index (χ1n) is 6.27. The standard InChI is InChI=1S/C13H17ClN2O2S/c1-2-18-12(17)13(15,9-5-6-9)8-19-11-10(14)4-3-7-16-11/h3-4,7,9H,2,5-6,8,15H2,1H3. The molecule has 0 spiro atoms. The molecule has 0 radical (unpaired) electrons. The zero-order valence-electron chi connectivity index (χ0n) is 10.8. The molecule has 1 aliphatic carbocycles. The highest BCUT2D eigenvalue weighted by Gasteiger charge is 2.49. The van der Waals surface area contributed by atoms with Crippen LogP contribution in [-0.4, -0.2) is 28.9 Å². The topological polar surface area (TPSA) is 65.2 Å². The monoisotopic (exact) mass is 300 g/mol. The molecule has 4 nitrogen and oxygen atoms in total. The van der Waals surface area contributed by atoms with Gasteiger partial charge in [0, 0.05) is 11.9 Å². The summed E-state index contributed by atoms with van der Waals surface area (Å²) < 4.78 is 5.10. The summed E-state index contributed by atoms with van der Waals surface area (Å²) in [6.07, 6.45) is 3.63. The maximum absolute atomic E-state index is 12.0. The molecular formula is C13H17ClN2O2S. The third-order valence-corrected chi connectivity index (χ3v) is 4.77. The van der Waals surface area contributed by atoms with Gasteiger partial charge in [-0.25, -0.2) is 4.98 Å². The van der Waals surface area contributed by atoms with Crippen molar-refractivity contribution in [3.8, 4) is 0 Å². The number of nitrogens with two attached hydrogens (primary N) is 1. The minimum absolute atomic E-state index is 0.210. The molecule has 1 heterocycles. The molecule has 104 valence electrons. The van der Waals surface area contributed by atoms with Gasteiger partial charge in [0.15, 0.2) is 0 Å². The molecule has 0 amide bonds. The number of carbonyl (C=O) groups is 1. The normalized spacial score (nSPS) is 17.8. The van der Waals surface area contributed by atoms with Gasteiger partial charge >= 0.3 is 5.97 Å². The lowest BCUT2D eigenvalue weighted by molar-refractivity contribution is -0.149. The van der Waals surface area contributed by atoms with Crippen LogP contribution in [-0.2, 0) is 9.53 Å². The Balaban J connectivity index is 2.05. The van der Waals surface area contributed by atoms with Crippen molar-refractivity contribution < 1.29 is 9.53 Å². The van der Waals surface area contributed by atoms with Crippen LogP contribution in [0.3, 0.4) is 0 Å². The molecule has 19 heavy (non-hydrogen) atoms. The number of esters is 1. The zero-order valence-corrected chi connectivity index (χ0v) is 12.3. The predicted octanol–water partition coefficient (Wildman–Crippen LogP) is 2.50. The Labute approximate surface area is 122 Å². The van der Waals surface area contributed by atoms with Crippen LogP contribution in [0.1, 0.15) is 19.8 Å². The Hall–Kier alpha value is -0.780. The van der Waals surface area contributed by atoms with Gasteiger partial charge < -0.3 is 10.5 Å². The molecule has 1 atom stereocenters. The molecule has 0 aromatic carbocycles. The number of thioether (sulfide) groups is 1. The number of halogens is 1. The van der Waals surface area contributed by atoms with Gasteiger partial charge in [-0.3, -0.25) is 4.79 Å². The van der Waals surface area contributed by atoms with Gasteiger partial charge in [0.1, 0.15) is 10.6 Å². The molecule has 2 rings (SSSR count). The second-order valence-electron chi connectivity index (χ2n) is 4.61. The van der Waals surface area contributed by atoms with E-state index in [1.807, 2.05) is 0 Å². The van der Waals surface area contributed by atoms with E-state index in [1.54, 1.807) is 25.3 Å². The number of pyridine rings is 1. The van der Waals surface area contributed by atoms with E-state index in [-0.39, 0.29) is 11.9 Å². The van der Waals surface area contributed by atoms with E-state index in [4.69, 9.17) is 22.1 Å². The quantitative estimate of drug-likeness (QED) is 0.646. The Kier molecular flexibility index (Phi) is 4.71. The number of carbonyl (C=O) groups excluding carboxylic acids is 1. The minimum Gasteiger partial charge on any atom is -0.465 e. The molecule has 1 aromatic rings. The fourth-order valence-electron chi connectivity index (χ4n) is 1.87. The average molecular weight is 301 g/mol. The Bertz CT molecular complexity index is 468. The molecule has 1 fully saturated rings. The van der Waals surface area contributed by atoms with Gasteiger partial charge in [0.25, 0.3) is 0 Å². The summed E-state index contributed by atoms with van der Waals surface area (Å²) in [5, 5.41) is 1.28. The van der Waals surface area contributed by atoms with Crippen molar-refractivity contribution in [3.63, 3.8) is 0 Å². The number of ether oxygens (including phenoxy) is 1. The lowest BCUT2D eigenvalue weighted by atomic mass is 9.97. The van der Waals surface area contributed by atoms with Crippen molar-refractivity contribution in [2.45, 2.75) is 30.3 Å². The summed E-state index contributed by atoms with van der Waals surface area (Å²) in [6.45, 7) is 2.13. The largest absolute Gasteiger partial charge is 0.465 e. The maximum Gasteiger partial charge on any atom is 0.327 e. The smallest absolute Gasteiger partial charge is 0.327 e. The molecule has 1 unspecified atom stereocenters. The van der Waals surface area contributed by atoms with Gasteiger partial charge in [0.05, 0.1) is 11.6 Å². The molecular weight excluding hydrogens is 284 g/mol. The van der Waals surface area contributed by atoms with E-state index in [0.29, 0.717) is 22.4 Å². The van der Waals surface area contributed by atoms with E-state index in [9.17, 15) is 4.79 Å². The van der Waals surface area contributed by atoms with Gasteiger partial charge in [-0.2, -0.15) is 0 Å². The molecule has 0 bridgehead atoms. The van der Waals surface area contributed by atoms with E-state index in [2.05, 4.69) is 4.98 Å². The SMILES string of the molecule is CCOC(=O)C(N)(CSc1ncccc1Cl)C1CC1. The Morgan fingerprint density at radius 2 is 2.42 bits per heavy atom. The van der Waals surface area contributed by atoms with Crippen LogP contribution in [0, 0.1) is 5.92 Å². The third-order valence-electron chi connectivity index (χ3n) is 3.13. The Morgan fingerprint density at radius 1 is 1.68 bits per heavy atom. The van der Waals surface area contributed by atoms with Crippen LogP contribution in [0.15, 0.2) is 23.4 Å². The summed E-state index contributed by atoms with van der Waals surface area (Å²) in [6, 6.07) is 3.55. The summed E-state index contributed by atoms with van der Waals surface area (Å²) in [4.78, 5) is 16.2. The minimum atomic E-state index is -0.929. The number of hydrogen-bond donors (Lipinski definition) is 1. The number of aromatic nitrogens is 1. The second-order valence-corrected chi connectivity index (χ2v) is 5.99. The predicted molar refractivity (Wildman–Crippen MR) is 76.2 cm³/mol. The summed E-state index contributed by atoms with van der Waals surface area (Å²) in [5.74, 6) is 0.325. The average Bonchev–Trinajstić information content (AvgIpc) is 3.22. The zero-order chi connectivity index (χ0) is 13.9. The molecule has 1 aliphatic rings. The van der Waals surface area contributed by atoms with Crippen molar-refractivity contribution >= 4 is 29.3 Å². The van der Waals surface area contributed by atoms with Crippen molar-refractivity contribution in [1.82, 2.24) is 4.98 Å². The molecule has 1 aromatic heterocycles. The highest BCUT2D eigenvalue weighted by molar-refractivity contribution is 7.99. The molecule has 2 N–H and O–H groups in total. The van der Waals surface area contributed by atoms with Crippen LogP contribution in [0.5, 0.6) is 0 Å². The Morgan fingerprint density at radius 3 is 3.00 bits per heavy atom. The first-order chi connectivity index (χ1) is 9.08. The lowest BCUT2D eigenvalue weighted by Gasteiger charge is -2.26. The molecule has 6 heteroatoms. The number of rotatable bonds is 6. The van der Waals surface area contributed by atoms with E-state index in [1.165, 1.54) is 11.8 Å². The summed E-state index contributed by atoms with van der Waals surface area (Å²) in [7, 11) is 0. The van der Waals surface area contributed by atoms with Gasteiger partial charge in [-0.1, -0.05) is 11.6 Å². The van der Waals surface area contributed by atoms with Gasteiger partial charge in [-0.05, 0) is 37.8 Å². The summed E-state index contributed by atoms with van der Waals surface area (Å²) in [5.41, 5.74) is 5.34. The highest BCUT2D eigenvalue weighted by Crippen LogP contribution is 2.42. The van der Waals surface area contributed by atoms with Gasteiger partial charge in [-0.15, -0.1) is 11.8 Å². The summed E-state index contributed by atoms with van der Waals surface area (Å²) >= 11 is 7.46. The van der Waals surface area contributed by atoms with E-state index >= 15 is 0 Å². The van der Waals surface area contributed by atoms with Gasteiger partial charge in [0.2, 0.25) is 0 Å². The number of hydrogen-bond acceptors (Lipinski definition) is 5. The highest BCUT2D eigenvalue weighted by atomic mass is 35.5. The lowest BCUT2D eigenvalue weighted by Crippen LogP contribution is -2.53. The van der Waals surface area contributed by atoms with Crippen LogP contribution in [0.4, 0.5) is 0 Å². The molecule has 0 saturated heterocycles. The second kappa shape index (κ2) is 6.11. The van der Waals surface area contributed by atoms with E-state index in [0.717, 1.165) is 12.8 Å². The fraction of sp³-hybridized carbons (Fsp3) is 0.538. The first-order valence-corrected chi connectivity index (χ1v) is 7.63. The first kappa shape index (κ1) is 14.6. The van der Waals surface area contributed by atoms with Crippen LogP contribution in [0.25, 0.3) is 0 Å². The van der Waals surface area contributed by atoms with Crippen molar-refractivity contribution in [2.24, 2.45) is 11.7 Å². The van der Waals surface area contributed by atoms with Crippen LogP contribution >= 0.6 is 23.4 Å². The van der Waals surface area contributed by atoms with Crippen molar-refractivity contribution in [1.29, 1.82) is 0 Å². The number of nitrogens with zero attached hydrogens (tertiary/aromatic N) is 1. The van der Waals surface area contributed by atoms with Crippen LogP contribution in [0.2, 0.25) is 5.02 Å².